The largest absolute Gasteiger partial charge is 0.478 e. The summed E-state index contributed by atoms with van der Waals surface area (Å²) in [4.78, 5) is 22.7. The second kappa shape index (κ2) is 6.52. The average Bonchev–Trinajstić information content (AvgIpc) is 2.36. The van der Waals surface area contributed by atoms with E-state index in [0.29, 0.717) is 0 Å². The molecule has 0 saturated heterocycles. The van der Waals surface area contributed by atoms with Gasteiger partial charge in [0, 0.05) is 15.6 Å². The number of benzene rings is 1. The summed E-state index contributed by atoms with van der Waals surface area (Å²) >= 11 is 3.37. The maximum Gasteiger partial charge on any atom is 0.331 e. The molecule has 0 aliphatic heterocycles. The van der Waals surface area contributed by atoms with Crippen LogP contribution in [0.5, 0.6) is 0 Å². The van der Waals surface area contributed by atoms with E-state index in [2.05, 4.69) is 21.2 Å². The molecule has 2 N–H and O–H groups in total. The minimum absolute atomic E-state index is 0.0546. The molecule has 1 unspecified atom stereocenters. The maximum absolute atomic E-state index is 11.9. The van der Waals surface area contributed by atoms with Crippen molar-refractivity contribution in [1.82, 2.24) is 5.32 Å². The lowest BCUT2D eigenvalue weighted by atomic mass is 10.1. The zero-order chi connectivity index (χ0) is 14.6. The zero-order valence-corrected chi connectivity index (χ0v) is 12.6. The fraction of sp³-hybridized carbons (Fsp3) is 0.286. The van der Waals surface area contributed by atoms with Gasteiger partial charge < -0.3 is 10.4 Å². The number of nitrogens with one attached hydrogen (secondary N) is 1. The van der Waals surface area contributed by atoms with Crippen molar-refractivity contribution in [2.45, 2.75) is 26.8 Å². The van der Waals surface area contributed by atoms with Crippen LogP contribution in [0.15, 0.2) is 39.9 Å². The monoisotopic (exact) mass is 325 g/mol. The molecule has 0 aromatic heterocycles. The van der Waals surface area contributed by atoms with E-state index < -0.39 is 5.97 Å². The van der Waals surface area contributed by atoms with Crippen LogP contribution in [-0.2, 0) is 9.59 Å². The van der Waals surface area contributed by atoms with Gasteiger partial charge in [0.15, 0.2) is 0 Å². The Hall–Kier alpha value is -1.62. The number of aliphatic carboxylic acids is 1. The van der Waals surface area contributed by atoms with Gasteiger partial charge in [0.2, 0.25) is 5.91 Å². The van der Waals surface area contributed by atoms with Gasteiger partial charge >= 0.3 is 5.97 Å². The van der Waals surface area contributed by atoms with Crippen molar-refractivity contribution < 1.29 is 14.7 Å². The van der Waals surface area contributed by atoms with E-state index in [9.17, 15) is 9.59 Å². The van der Waals surface area contributed by atoms with Crippen LogP contribution in [0.4, 0.5) is 0 Å². The molecule has 1 amide bonds. The van der Waals surface area contributed by atoms with E-state index in [1.54, 1.807) is 0 Å². The van der Waals surface area contributed by atoms with E-state index in [4.69, 9.17) is 5.11 Å². The van der Waals surface area contributed by atoms with Gasteiger partial charge in [0.1, 0.15) is 0 Å². The number of halogens is 1. The third kappa shape index (κ3) is 4.21. The lowest BCUT2D eigenvalue weighted by molar-refractivity contribution is -0.133. The molecule has 0 fully saturated rings. The van der Waals surface area contributed by atoms with Gasteiger partial charge in [-0.2, -0.15) is 0 Å². The fourth-order valence-electron chi connectivity index (χ4n) is 1.49. The van der Waals surface area contributed by atoms with Gasteiger partial charge in [0.25, 0.3) is 0 Å². The van der Waals surface area contributed by atoms with Crippen LogP contribution in [0.2, 0.25) is 0 Å². The maximum atomic E-state index is 11.9. The Kier molecular flexibility index (Phi) is 5.30. The summed E-state index contributed by atoms with van der Waals surface area (Å²) in [5, 5.41) is 11.6. The standard InChI is InChI=1S/C14H16BrNO3/c1-8(9(2)14(18)19)13(17)16-10(3)11-5-4-6-12(15)7-11/h4-7,10H,1-3H3,(H,16,17)(H,18,19). The third-order valence-electron chi connectivity index (χ3n) is 2.92. The van der Waals surface area contributed by atoms with Gasteiger partial charge in [0.05, 0.1) is 6.04 Å². The second-order valence-corrected chi connectivity index (χ2v) is 5.22. The molecule has 0 aliphatic carbocycles. The van der Waals surface area contributed by atoms with Crippen LogP contribution in [0.1, 0.15) is 32.4 Å². The highest BCUT2D eigenvalue weighted by Gasteiger charge is 2.15. The molecule has 1 atom stereocenters. The highest BCUT2D eigenvalue weighted by molar-refractivity contribution is 9.10. The Labute approximate surface area is 120 Å². The summed E-state index contributed by atoms with van der Waals surface area (Å²) in [6.45, 7) is 4.77. The summed E-state index contributed by atoms with van der Waals surface area (Å²) in [6.07, 6.45) is 0. The predicted octanol–water partition coefficient (Wildman–Crippen LogP) is 3.05. The van der Waals surface area contributed by atoms with E-state index in [0.717, 1.165) is 10.0 Å². The Morgan fingerprint density at radius 3 is 2.42 bits per heavy atom. The quantitative estimate of drug-likeness (QED) is 0.836. The van der Waals surface area contributed by atoms with Crippen molar-refractivity contribution in [3.05, 3.63) is 45.4 Å². The molecule has 102 valence electrons. The Morgan fingerprint density at radius 2 is 1.89 bits per heavy atom. The number of rotatable bonds is 4. The number of amides is 1. The first-order chi connectivity index (χ1) is 8.82. The Balaban J connectivity index is 2.83. The molecular formula is C14H16BrNO3. The molecule has 19 heavy (non-hydrogen) atoms. The summed E-state index contributed by atoms with van der Waals surface area (Å²) < 4.78 is 0.931. The molecule has 0 bridgehead atoms. The third-order valence-corrected chi connectivity index (χ3v) is 3.41. The Bertz CT molecular complexity index is 537. The average molecular weight is 326 g/mol. The van der Waals surface area contributed by atoms with Crippen molar-refractivity contribution in [2.75, 3.05) is 0 Å². The number of carbonyl (C=O) groups excluding carboxylic acids is 1. The fourth-order valence-corrected chi connectivity index (χ4v) is 1.91. The van der Waals surface area contributed by atoms with Crippen LogP contribution in [0.3, 0.4) is 0 Å². The van der Waals surface area contributed by atoms with E-state index in [-0.39, 0.29) is 23.1 Å². The minimum Gasteiger partial charge on any atom is -0.478 e. The van der Waals surface area contributed by atoms with Gasteiger partial charge in [-0.3, -0.25) is 4.79 Å². The first-order valence-corrected chi connectivity index (χ1v) is 6.59. The molecule has 0 radical (unpaired) electrons. The first kappa shape index (κ1) is 15.4. The van der Waals surface area contributed by atoms with E-state index in [1.807, 2.05) is 31.2 Å². The second-order valence-electron chi connectivity index (χ2n) is 4.31. The van der Waals surface area contributed by atoms with Crippen LogP contribution >= 0.6 is 15.9 Å². The molecular weight excluding hydrogens is 310 g/mol. The van der Waals surface area contributed by atoms with Crippen LogP contribution in [0.25, 0.3) is 0 Å². The van der Waals surface area contributed by atoms with E-state index in [1.165, 1.54) is 13.8 Å². The summed E-state index contributed by atoms with van der Waals surface area (Å²) in [5.41, 5.74) is 1.22. The van der Waals surface area contributed by atoms with Crippen LogP contribution in [-0.4, -0.2) is 17.0 Å². The Morgan fingerprint density at radius 1 is 1.26 bits per heavy atom. The van der Waals surface area contributed by atoms with Crippen molar-refractivity contribution in [2.24, 2.45) is 0 Å². The van der Waals surface area contributed by atoms with Crippen LogP contribution < -0.4 is 5.32 Å². The molecule has 0 spiro atoms. The lowest BCUT2D eigenvalue weighted by Gasteiger charge is -2.15. The molecule has 1 rings (SSSR count). The lowest BCUT2D eigenvalue weighted by Crippen LogP contribution is -2.28. The number of hydrogen-bond donors (Lipinski definition) is 2. The number of carboxylic acids is 1. The minimum atomic E-state index is -1.08. The van der Waals surface area contributed by atoms with Crippen molar-refractivity contribution in [3.63, 3.8) is 0 Å². The first-order valence-electron chi connectivity index (χ1n) is 5.80. The van der Waals surface area contributed by atoms with Crippen LogP contribution in [0, 0.1) is 0 Å². The summed E-state index contributed by atoms with van der Waals surface area (Å²) in [7, 11) is 0. The molecule has 0 aliphatic rings. The topological polar surface area (TPSA) is 66.4 Å². The predicted molar refractivity (Wildman–Crippen MR) is 76.7 cm³/mol. The number of carboxylic acid groups (broad SMARTS) is 1. The number of carbonyl (C=O) groups is 2. The van der Waals surface area contributed by atoms with Gasteiger partial charge in [-0.25, -0.2) is 4.79 Å². The SMILES string of the molecule is CC(C(=O)O)=C(C)C(=O)NC(C)c1cccc(Br)c1. The normalized spacial score (nSPS) is 13.5. The highest BCUT2D eigenvalue weighted by Crippen LogP contribution is 2.18. The molecule has 5 heteroatoms. The van der Waals surface area contributed by atoms with Crippen molar-refractivity contribution in [3.8, 4) is 0 Å². The molecule has 1 aromatic carbocycles. The van der Waals surface area contributed by atoms with Crippen molar-refractivity contribution in [1.29, 1.82) is 0 Å². The smallest absolute Gasteiger partial charge is 0.331 e. The molecule has 0 saturated carbocycles. The van der Waals surface area contributed by atoms with Crippen molar-refractivity contribution >= 4 is 27.8 Å². The summed E-state index contributed by atoms with van der Waals surface area (Å²) in [6, 6.07) is 7.40. The van der Waals surface area contributed by atoms with Gasteiger partial charge in [-0.15, -0.1) is 0 Å². The molecule has 0 heterocycles. The van der Waals surface area contributed by atoms with Gasteiger partial charge in [-0.1, -0.05) is 28.1 Å². The summed E-state index contributed by atoms with van der Waals surface area (Å²) in [5.74, 6) is -1.45. The molecule has 1 aromatic rings. The van der Waals surface area contributed by atoms with Gasteiger partial charge in [-0.05, 0) is 38.5 Å². The zero-order valence-electron chi connectivity index (χ0n) is 11.0. The number of hydrogen-bond acceptors (Lipinski definition) is 2. The van der Waals surface area contributed by atoms with E-state index >= 15 is 0 Å². The molecule has 4 nitrogen and oxygen atoms in total. The highest BCUT2D eigenvalue weighted by atomic mass is 79.9.